The summed E-state index contributed by atoms with van der Waals surface area (Å²) in [5.41, 5.74) is 1.34. The van der Waals surface area contributed by atoms with Crippen LogP contribution in [-0.4, -0.2) is 44.2 Å². The van der Waals surface area contributed by atoms with Crippen LogP contribution in [0.3, 0.4) is 0 Å². The maximum atomic E-state index is 11.1. The van der Waals surface area contributed by atoms with Crippen LogP contribution in [0, 0.1) is 0 Å². The molecule has 0 aromatic heterocycles. The van der Waals surface area contributed by atoms with Crippen molar-refractivity contribution >= 4 is 5.97 Å². The van der Waals surface area contributed by atoms with Crippen LogP contribution in [0.2, 0.25) is 0 Å². The van der Waals surface area contributed by atoms with Gasteiger partial charge in [-0.05, 0) is 39.0 Å². The highest BCUT2D eigenvalue weighted by molar-refractivity contribution is 5.69. The van der Waals surface area contributed by atoms with Crippen molar-refractivity contribution in [3.63, 3.8) is 0 Å². The standard InChI is InChI=1S/C16H26N2O2/c1-14(12-16(19)20-3)17-10-7-11-18(2)13-15-8-5-4-6-9-15/h4-6,8-9,14,17H,7,10-13H2,1-3H3. The van der Waals surface area contributed by atoms with E-state index < -0.39 is 0 Å². The summed E-state index contributed by atoms with van der Waals surface area (Å²) in [5.74, 6) is -0.161. The normalized spacial score (nSPS) is 12.4. The van der Waals surface area contributed by atoms with Crippen LogP contribution in [0.1, 0.15) is 25.3 Å². The molecule has 20 heavy (non-hydrogen) atoms. The molecule has 0 radical (unpaired) electrons. The lowest BCUT2D eigenvalue weighted by molar-refractivity contribution is -0.141. The molecule has 0 bridgehead atoms. The van der Waals surface area contributed by atoms with Gasteiger partial charge in [-0.1, -0.05) is 30.3 Å². The first-order valence-electron chi connectivity index (χ1n) is 7.14. The first-order chi connectivity index (χ1) is 9.61. The molecule has 1 aromatic carbocycles. The largest absolute Gasteiger partial charge is 0.469 e. The summed E-state index contributed by atoms with van der Waals surface area (Å²) >= 11 is 0. The summed E-state index contributed by atoms with van der Waals surface area (Å²) in [6.45, 7) is 4.92. The zero-order valence-electron chi connectivity index (χ0n) is 12.8. The van der Waals surface area contributed by atoms with Gasteiger partial charge in [-0.3, -0.25) is 4.79 Å². The fourth-order valence-electron chi connectivity index (χ4n) is 2.08. The lowest BCUT2D eigenvalue weighted by Gasteiger charge is -2.18. The SMILES string of the molecule is COC(=O)CC(C)NCCCN(C)Cc1ccccc1. The van der Waals surface area contributed by atoms with Gasteiger partial charge in [0.25, 0.3) is 0 Å². The summed E-state index contributed by atoms with van der Waals surface area (Å²) in [6, 6.07) is 10.6. The van der Waals surface area contributed by atoms with Gasteiger partial charge < -0.3 is 15.0 Å². The molecule has 0 fully saturated rings. The highest BCUT2D eigenvalue weighted by Crippen LogP contribution is 2.02. The number of hydrogen-bond donors (Lipinski definition) is 1. The van der Waals surface area contributed by atoms with Crippen molar-refractivity contribution in [1.82, 2.24) is 10.2 Å². The maximum absolute atomic E-state index is 11.1. The Morgan fingerprint density at radius 2 is 2.05 bits per heavy atom. The lowest BCUT2D eigenvalue weighted by Crippen LogP contribution is -2.31. The fourth-order valence-corrected chi connectivity index (χ4v) is 2.08. The molecule has 4 nitrogen and oxygen atoms in total. The van der Waals surface area contributed by atoms with Gasteiger partial charge in [-0.2, -0.15) is 0 Å². The van der Waals surface area contributed by atoms with Crippen molar-refractivity contribution in [2.45, 2.75) is 32.4 Å². The molecule has 0 aliphatic rings. The maximum Gasteiger partial charge on any atom is 0.307 e. The Morgan fingerprint density at radius 3 is 2.70 bits per heavy atom. The highest BCUT2D eigenvalue weighted by Gasteiger charge is 2.08. The van der Waals surface area contributed by atoms with E-state index in [0.29, 0.717) is 6.42 Å². The second kappa shape index (κ2) is 9.50. The van der Waals surface area contributed by atoms with Crippen molar-refractivity contribution in [2.24, 2.45) is 0 Å². The Morgan fingerprint density at radius 1 is 1.35 bits per heavy atom. The molecule has 0 heterocycles. The number of esters is 1. The molecule has 1 aromatic rings. The van der Waals surface area contributed by atoms with Gasteiger partial charge in [0.15, 0.2) is 0 Å². The molecule has 0 saturated carbocycles. The van der Waals surface area contributed by atoms with E-state index in [2.05, 4.69) is 46.3 Å². The van der Waals surface area contributed by atoms with Crippen LogP contribution in [0.5, 0.6) is 0 Å². The van der Waals surface area contributed by atoms with Crippen LogP contribution in [0.25, 0.3) is 0 Å². The van der Waals surface area contributed by atoms with E-state index in [9.17, 15) is 4.79 Å². The molecule has 1 rings (SSSR count). The minimum absolute atomic E-state index is 0.161. The van der Waals surface area contributed by atoms with Crippen molar-refractivity contribution in [2.75, 3.05) is 27.2 Å². The van der Waals surface area contributed by atoms with Crippen LogP contribution >= 0.6 is 0 Å². The summed E-state index contributed by atoms with van der Waals surface area (Å²) in [4.78, 5) is 13.4. The van der Waals surface area contributed by atoms with E-state index in [1.807, 2.05) is 13.0 Å². The minimum Gasteiger partial charge on any atom is -0.469 e. The van der Waals surface area contributed by atoms with E-state index in [0.717, 1.165) is 26.1 Å². The molecule has 4 heteroatoms. The molecule has 1 atom stereocenters. The van der Waals surface area contributed by atoms with Gasteiger partial charge in [-0.25, -0.2) is 0 Å². The van der Waals surface area contributed by atoms with Gasteiger partial charge in [0.05, 0.1) is 13.5 Å². The Hall–Kier alpha value is -1.39. The molecular weight excluding hydrogens is 252 g/mol. The van der Waals surface area contributed by atoms with Crippen LogP contribution in [0.4, 0.5) is 0 Å². The topological polar surface area (TPSA) is 41.6 Å². The zero-order valence-corrected chi connectivity index (χ0v) is 12.8. The fraction of sp³-hybridized carbons (Fsp3) is 0.562. The summed E-state index contributed by atoms with van der Waals surface area (Å²) in [6.07, 6.45) is 1.49. The number of nitrogens with one attached hydrogen (secondary N) is 1. The monoisotopic (exact) mass is 278 g/mol. The third kappa shape index (κ3) is 7.26. The number of rotatable bonds is 9. The number of ether oxygens (including phenoxy) is 1. The number of benzene rings is 1. The highest BCUT2D eigenvalue weighted by atomic mass is 16.5. The number of nitrogens with zero attached hydrogens (tertiary/aromatic N) is 1. The molecule has 112 valence electrons. The zero-order chi connectivity index (χ0) is 14.8. The second-order valence-electron chi connectivity index (χ2n) is 5.21. The minimum atomic E-state index is -0.161. The molecule has 1 N–H and O–H groups in total. The van der Waals surface area contributed by atoms with Gasteiger partial charge in [0, 0.05) is 12.6 Å². The number of carbonyl (C=O) groups excluding carboxylic acids is 1. The predicted octanol–water partition coefficient (Wildman–Crippen LogP) is 2.05. The summed E-state index contributed by atoms with van der Waals surface area (Å²) in [5, 5.41) is 3.34. The van der Waals surface area contributed by atoms with Crippen LogP contribution in [0.15, 0.2) is 30.3 Å². The third-order valence-electron chi connectivity index (χ3n) is 3.21. The van der Waals surface area contributed by atoms with Crippen LogP contribution < -0.4 is 5.32 Å². The van der Waals surface area contributed by atoms with Crippen molar-refractivity contribution < 1.29 is 9.53 Å². The predicted molar refractivity (Wildman–Crippen MR) is 81.5 cm³/mol. The quantitative estimate of drug-likeness (QED) is 0.554. The molecule has 0 spiro atoms. The second-order valence-corrected chi connectivity index (χ2v) is 5.21. The Kier molecular flexibility index (Phi) is 7.92. The van der Waals surface area contributed by atoms with E-state index in [1.54, 1.807) is 0 Å². The number of carbonyl (C=O) groups is 1. The Bertz CT molecular complexity index is 381. The van der Waals surface area contributed by atoms with Crippen molar-refractivity contribution in [1.29, 1.82) is 0 Å². The number of hydrogen-bond acceptors (Lipinski definition) is 4. The Labute approximate surface area is 122 Å². The van der Waals surface area contributed by atoms with E-state index in [-0.39, 0.29) is 12.0 Å². The van der Waals surface area contributed by atoms with Crippen LogP contribution in [-0.2, 0) is 16.1 Å². The van der Waals surface area contributed by atoms with E-state index in [4.69, 9.17) is 0 Å². The van der Waals surface area contributed by atoms with Gasteiger partial charge in [-0.15, -0.1) is 0 Å². The first kappa shape index (κ1) is 16.7. The molecule has 1 unspecified atom stereocenters. The average molecular weight is 278 g/mol. The summed E-state index contributed by atoms with van der Waals surface area (Å²) in [7, 11) is 3.55. The van der Waals surface area contributed by atoms with Gasteiger partial charge >= 0.3 is 5.97 Å². The average Bonchev–Trinajstić information content (AvgIpc) is 2.44. The first-order valence-corrected chi connectivity index (χ1v) is 7.14. The van der Waals surface area contributed by atoms with Gasteiger partial charge in [0.2, 0.25) is 0 Å². The van der Waals surface area contributed by atoms with Crippen molar-refractivity contribution in [3.8, 4) is 0 Å². The van der Waals surface area contributed by atoms with Gasteiger partial charge in [0.1, 0.15) is 0 Å². The molecule has 0 saturated heterocycles. The molecule has 0 amide bonds. The molecule has 0 aliphatic heterocycles. The van der Waals surface area contributed by atoms with Crippen molar-refractivity contribution in [3.05, 3.63) is 35.9 Å². The molecular formula is C16H26N2O2. The third-order valence-corrected chi connectivity index (χ3v) is 3.21. The smallest absolute Gasteiger partial charge is 0.307 e. The Balaban J connectivity index is 2.10. The lowest BCUT2D eigenvalue weighted by atomic mass is 10.2. The number of methoxy groups -OCH3 is 1. The summed E-state index contributed by atoms with van der Waals surface area (Å²) < 4.78 is 4.64. The molecule has 0 aliphatic carbocycles. The van der Waals surface area contributed by atoms with E-state index >= 15 is 0 Å². The van der Waals surface area contributed by atoms with E-state index in [1.165, 1.54) is 12.7 Å².